The van der Waals surface area contributed by atoms with E-state index in [0.29, 0.717) is 12.1 Å². The van der Waals surface area contributed by atoms with Gasteiger partial charge in [0.15, 0.2) is 0 Å². The number of imidazole rings is 1. The van der Waals surface area contributed by atoms with Gasteiger partial charge >= 0.3 is 0 Å². The summed E-state index contributed by atoms with van der Waals surface area (Å²) in [5.74, 6) is -0.147. The van der Waals surface area contributed by atoms with Crippen molar-refractivity contribution < 1.29 is 4.79 Å². The highest BCUT2D eigenvalue weighted by Crippen LogP contribution is 2.09. The third-order valence-electron chi connectivity index (χ3n) is 3.51. The summed E-state index contributed by atoms with van der Waals surface area (Å²) in [6.45, 7) is 1.14. The molecule has 3 heterocycles. The Morgan fingerprint density at radius 3 is 2.83 bits per heavy atom. The number of fused-ring (bicyclic) bond motifs is 1. The second-order valence-electron chi connectivity index (χ2n) is 5.64. The molecule has 1 amide bonds. The fourth-order valence-electron chi connectivity index (χ4n) is 2.38. The minimum Gasteiger partial charge on any atom is -0.346 e. The molecule has 0 aliphatic rings. The van der Waals surface area contributed by atoms with Gasteiger partial charge in [0, 0.05) is 18.9 Å². The van der Waals surface area contributed by atoms with Crippen molar-refractivity contribution >= 4 is 11.4 Å². The lowest BCUT2D eigenvalue weighted by atomic mass is 10.2. The van der Waals surface area contributed by atoms with Crippen LogP contribution in [0.2, 0.25) is 0 Å². The molecule has 6 nitrogen and oxygen atoms in total. The Labute approximate surface area is 134 Å². The summed E-state index contributed by atoms with van der Waals surface area (Å²) < 4.78 is 1.93. The molecule has 0 aromatic carbocycles. The van der Waals surface area contributed by atoms with Gasteiger partial charge < -0.3 is 14.6 Å². The second kappa shape index (κ2) is 6.58. The van der Waals surface area contributed by atoms with Crippen LogP contribution in [-0.2, 0) is 13.1 Å². The van der Waals surface area contributed by atoms with E-state index in [1.807, 2.05) is 53.9 Å². The number of pyridine rings is 2. The highest BCUT2D eigenvalue weighted by molar-refractivity contribution is 5.93. The Morgan fingerprint density at radius 2 is 2.09 bits per heavy atom. The van der Waals surface area contributed by atoms with Crippen molar-refractivity contribution in [3.05, 3.63) is 66.0 Å². The molecule has 6 heteroatoms. The van der Waals surface area contributed by atoms with Gasteiger partial charge in [-0.15, -0.1) is 0 Å². The molecule has 1 N–H and O–H groups in total. The van der Waals surface area contributed by atoms with E-state index in [1.54, 1.807) is 18.6 Å². The van der Waals surface area contributed by atoms with Crippen LogP contribution in [0.1, 0.15) is 21.7 Å². The SMILES string of the molecule is CN(C)Cc1ccc(C(=O)NCc2ncn3ccccc23)cn1. The molecule has 0 saturated carbocycles. The van der Waals surface area contributed by atoms with Crippen molar-refractivity contribution in [1.29, 1.82) is 0 Å². The minimum atomic E-state index is -0.147. The van der Waals surface area contributed by atoms with E-state index in [1.165, 1.54) is 0 Å². The topological polar surface area (TPSA) is 62.5 Å². The van der Waals surface area contributed by atoms with Crippen LogP contribution in [-0.4, -0.2) is 39.3 Å². The molecule has 0 fully saturated rings. The first-order valence-electron chi connectivity index (χ1n) is 7.42. The summed E-state index contributed by atoms with van der Waals surface area (Å²) in [4.78, 5) is 22.9. The smallest absolute Gasteiger partial charge is 0.253 e. The van der Waals surface area contributed by atoms with Crippen molar-refractivity contribution in [2.24, 2.45) is 0 Å². The third-order valence-corrected chi connectivity index (χ3v) is 3.51. The van der Waals surface area contributed by atoms with Crippen LogP contribution in [0.3, 0.4) is 0 Å². The zero-order valence-electron chi connectivity index (χ0n) is 13.2. The van der Waals surface area contributed by atoms with Crippen LogP contribution in [0.5, 0.6) is 0 Å². The van der Waals surface area contributed by atoms with Crippen LogP contribution in [0.4, 0.5) is 0 Å². The van der Waals surface area contributed by atoms with E-state index in [-0.39, 0.29) is 5.91 Å². The highest BCUT2D eigenvalue weighted by Gasteiger charge is 2.09. The van der Waals surface area contributed by atoms with Gasteiger partial charge in [0.05, 0.1) is 35.3 Å². The summed E-state index contributed by atoms with van der Waals surface area (Å²) in [6.07, 6.45) is 5.29. The van der Waals surface area contributed by atoms with E-state index >= 15 is 0 Å². The maximum absolute atomic E-state index is 12.2. The van der Waals surface area contributed by atoms with Crippen molar-refractivity contribution in [1.82, 2.24) is 24.6 Å². The number of carbonyl (C=O) groups excluding carboxylic acids is 1. The zero-order chi connectivity index (χ0) is 16.2. The first-order chi connectivity index (χ1) is 11.1. The number of hydrogen-bond acceptors (Lipinski definition) is 4. The molecular weight excluding hydrogens is 290 g/mol. The number of rotatable bonds is 5. The average Bonchev–Trinajstić information content (AvgIpc) is 2.96. The molecule has 0 aliphatic carbocycles. The van der Waals surface area contributed by atoms with Crippen molar-refractivity contribution in [2.45, 2.75) is 13.1 Å². The monoisotopic (exact) mass is 309 g/mol. The van der Waals surface area contributed by atoms with Crippen LogP contribution in [0.25, 0.3) is 5.52 Å². The standard InChI is InChI=1S/C17H19N5O/c1-21(2)11-14-7-6-13(9-18-14)17(23)19-10-15-16-5-3-4-8-22(16)12-20-15/h3-9,12H,10-11H2,1-2H3,(H,19,23). The Bertz CT molecular complexity index is 807. The van der Waals surface area contributed by atoms with E-state index in [0.717, 1.165) is 23.4 Å². The second-order valence-corrected chi connectivity index (χ2v) is 5.64. The lowest BCUT2D eigenvalue weighted by Crippen LogP contribution is -2.23. The number of carbonyl (C=O) groups is 1. The molecule has 0 atom stereocenters. The maximum Gasteiger partial charge on any atom is 0.253 e. The number of nitrogens with one attached hydrogen (secondary N) is 1. The maximum atomic E-state index is 12.2. The van der Waals surface area contributed by atoms with Gasteiger partial charge in [0.25, 0.3) is 5.91 Å². The summed E-state index contributed by atoms with van der Waals surface area (Å²) in [5.41, 5.74) is 3.33. The van der Waals surface area contributed by atoms with Gasteiger partial charge in [-0.1, -0.05) is 6.07 Å². The van der Waals surface area contributed by atoms with E-state index in [9.17, 15) is 4.79 Å². The molecule has 0 bridgehead atoms. The lowest BCUT2D eigenvalue weighted by molar-refractivity contribution is 0.0950. The van der Waals surface area contributed by atoms with E-state index in [4.69, 9.17) is 0 Å². The Balaban J connectivity index is 1.65. The third kappa shape index (κ3) is 3.54. The molecule has 0 saturated heterocycles. The van der Waals surface area contributed by atoms with Crippen LogP contribution >= 0.6 is 0 Å². The molecule has 0 radical (unpaired) electrons. The molecule has 23 heavy (non-hydrogen) atoms. The molecule has 0 spiro atoms. The predicted octanol–water partition coefficient (Wildman–Crippen LogP) is 1.72. The molecule has 3 aromatic rings. The largest absolute Gasteiger partial charge is 0.346 e. The number of aromatic nitrogens is 3. The number of amides is 1. The van der Waals surface area contributed by atoms with Gasteiger partial charge in [-0.05, 0) is 38.4 Å². The quantitative estimate of drug-likeness (QED) is 0.779. The Hall–Kier alpha value is -2.73. The van der Waals surface area contributed by atoms with E-state index in [2.05, 4.69) is 15.3 Å². The fraction of sp³-hybridized carbons (Fsp3) is 0.235. The van der Waals surface area contributed by atoms with Gasteiger partial charge in [-0.3, -0.25) is 9.78 Å². The zero-order valence-corrected chi connectivity index (χ0v) is 13.2. The first-order valence-corrected chi connectivity index (χ1v) is 7.42. The lowest BCUT2D eigenvalue weighted by Gasteiger charge is -2.09. The molecule has 3 aromatic heterocycles. The van der Waals surface area contributed by atoms with Crippen molar-refractivity contribution in [2.75, 3.05) is 14.1 Å². The fourth-order valence-corrected chi connectivity index (χ4v) is 2.38. The van der Waals surface area contributed by atoms with Crippen LogP contribution in [0, 0.1) is 0 Å². The van der Waals surface area contributed by atoms with Crippen LogP contribution in [0.15, 0.2) is 49.1 Å². The van der Waals surface area contributed by atoms with Gasteiger partial charge in [0.2, 0.25) is 0 Å². The predicted molar refractivity (Wildman–Crippen MR) is 88.0 cm³/mol. The van der Waals surface area contributed by atoms with Gasteiger partial charge in [-0.2, -0.15) is 0 Å². The number of hydrogen-bond donors (Lipinski definition) is 1. The first kappa shape index (κ1) is 15.2. The summed E-state index contributed by atoms with van der Waals surface area (Å²) >= 11 is 0. The summed E-state index contributed by atoms with van der Waals surface area (Å²) in [6, 6.07) is 9.55. The molecule has 0 aliphatic heterocycles. The molecule has 3 rings (SSSR count). The molecule has 0 unspecified atom stereocenters. The Kier molecular flexibility index (Phi) is 4.34. The molecular formula is C17H19N5O. The summed E-state index contributed by atoms with van der Waals surface area (Å²) in [7, 11) is 3.97. The van der Waals surface area contributed by atoms with Gasteiger partial charge in [0.1, 0.15) is 0 Å². The summed E-state index contributed by atoms with van der Waals surface area (Å²) in [5, 5.41) is 2.89. The normalized spacial score (nSPS) is 11.1. The Morgan fingerprint density at radius 1 is 1.22 bits per heavy atom. The van der Waals surface area contributed by atoms with Crippen molar-refractivity contribution in [3.63, 3.8) is 0 Å². The van der Waals surface area contributed by atoms with Crippen LogP contribution < -0.4 is 5.32 Å². The molecule has 118 valence electrons. The highest BCUT2D eigenvalue weighted by atomic mass is 16.1. The average molecular weight is 309 g/mol. The minimum absolute atomic E-state index is 0.147. The number of nitrogens with zero attached hydrogens (tertiary/aromatic N) is 4. The van der Waals surface area contributed by atoms with Crippen molar-refractivity contribution in [3.8, 4) is 0 Å². The van der Waals surface area contributed by atoms with Gasteiger partial charge in [-0.25, -0.2) is 4.98 Å². The van der Waals surface area contributed by atoms with E-state index < -0.39 is 0 Å².